The fourth-order valence-electron chi connectivity index (χ4n) is 2.01. The lowest BCUT2D eigenvalue weighted by atomic mass is 9.99. The maximum atomic E-state index is 11.8. The Labute approximate surface area is 97.4 Å². The molecule has 1 heterocycles. The molecule has 4 heteroatoms. The summed E-state index contributed by atoms with van der Waals surface area (Å²) in [5.74, 6) is 0.467. The zero-order valence-electron chi connectivity index (χ0n) is 10.2. The van der Waals surface area contributed by atoms with Gasteiger partial charge >= 0.3 is 0 Å². The summed E-state index contributed by atoms with van der Waals surface area (Å²) in [6, 6.07) is -0.116. The van der Waals surface area contributed by atoms with Crippen molar-refractivity contribution >= 4 is 5.91 Å². The molecule has 1 saturated heterocycles. The van der Waals surface area contributed by atoms with Gasteiger partial charge in [-0.15, -0.1) is 0 Å². The first-order chi connectivity index (χ1) is 7.63. The number of carbonyl (C=O) groups excluding carboxylic acids is 1. The van der Waals surface area contributed by atoms with Crippen molar-refractivity contribution in [1.29, 1.82) is 0 Å². The molecule has 16 heavy (non-hydrogen) atoms. The van der Waals surface area contributed by atoms with Crippen LogP contribution in [0.5, 0.6) is 0 Å². The van der Waals surface area contributed by atoms with E-state index in [9.17, 15) is 9.90 Å². The average Bonchev–Trinajstić information content (AvgIpc) is 2.28. The molecule has 0 spiro atoms. The lowest BCUT2D eigenvalue weighted by molar-refractivity contribution is -0.130. The van der Waals surface area contributed by atoms with E-state index in [0.717, 1.165) is 25.9 Å². The maximum absolute atomic E-state index is 11.8. The molecule has 0 saturated carbocycles. The normalized spacial score (nSPS) is 23.1. The van der Waals surface area contributed by atoms with Crippen LogP contribution in [-0.2, 0) is 9.53 Å². The molecule has 0 aromatic rings. The van der Waals surface area contributed by atoms with E-state index in [-0.39, 0.29) is 24.5 Å². The number of aliphatic hydroxyl groups excluding tert-OH is 1. The summed E-state index contributed by atoms with van der Waals surface area (Å²) in [6.45, 7) is 5.46. The molecule has 1 aliphatic rings. The third kappa shape index (κ3) is 4.49. The second-order valence-corrected chi connectivity index (χ2v) is 4.93. The molecule has 94 valence electrons. The fourth-order valence-corrected chi connectivity index (χ4v) is 2.01. The van der Waals surface area contributed by atoms with Crippen LogP contribution in [-0.4, -0.2) is 36.9 Å². The molecule has 1 aliphatic heterocycles. The summed E-state index contributed by atoms with van der Waals surface area (Å²) in [6.07, 6.45) is 2.66. The molecule has 0 aromatic carbocycles. The van der Waals surface area contributed by atoms with Gasteiger partial charge in [0.25, 0.3) is 0 Å². The van der Waals surface area contributed by atoms with Crippen LogP contribution in [0.1, 0.15) is 33.1 Å². The highest BCUT2D eigenvalue weighted by molar-refractivity contribution is 5.79. The molecule has 0 bridgehead atoms. The van der Waals surface area contributed by atoms with Gasteiger partial charge in [0, 0.05) is 6.61 Å². The van der Waals surface area contributed by atoms with Crippen molar-refractivity contribution in [3.63, 3.8) is 0 Å². The minimum atomic E-state index is -0.116. The Hall–Kier alpha value is -0.610. The number of rotatable bonds is 5. The lowest BCUT2D eigenvalue weighted by Gasteiger charge is -2.25. The second-order valence-electron chi connectivity index (χ2n) is 4.93. The maximum Gasteiger partial charge on any atom is 0.225 e. The molecule has 2 N–H and O–H groups in total. The van der Waals surface area contributed by atoms with Gasteiger partial charge in [0.15, 0.2) is 0 Å². The monoisotopic (exact) mass is 229 g/mol. The molecule has 2 unspecified atom stereocenters. The topological polar surface area (TPSA) is 58.6 Å². The molecule has 4 nitrogen and oxygen atoms in total. The van der Waals surface area contributed by atoms with Crippen LogP contribution in [0.4, 0.5) is 0 Å². The smallest absolute Gasteiger partial charge is 0.225 e. The van der Waals surface area contributed by atoms with E-state index in [1.807, 2.05) is 0 Å². The number of ether oxygens (including phenoxy) is 1. The van der Waals surface area contributed by atoms with Crippen LogP contribution in [0.3, 0.4) is 0 Å². The van der Waals surface area contributed by atoms with E-state index in [1.165, 1.54) is 0 Å². The highest BCUT2D eigenvalue weighted by Crippen LogP contribution is 2.14. The van der Waals surface area contributed by atoms with E-state index in [4.69, 9.17) is 4.74 Å². The third-order valence-electron chi connectivity index (χ3n) is 2.85. The van der Waals surface area contributed by atoms with E-state index < -0.39 is 0 Å². The summed E-state index contributed by atoms with van der Waals surface area (Å²) in [4.78, 5) is 11.8. The average molecular weight is 229 g/mol. The lowest BCUT2D eigenvalue weighted by Crippen LogP contribution is -2.43. The van der Waals surface area contributed by atoms with Crippen molar-refractivity contribution < 1.29 is 14.6 Å². The van der Waals surface area contributed by atoms with Crippen LogP contribution in [0, 0.1) is 11.8 Å². The molecule has 1 fully saturated rings. The van der Waals surface area contributed by atoms with Crippen LogP contribution < -0.4 is 5.32 Å². The van der Waals surface area contributed by atoms with Gasteiger partial charge in [0.1, 0.15) is 0 Å². The zero-order chi connectivity index (χ0) is 12.0. The summed E-state index contributed by atoms with van der Waals surface area (Å²) in [7, 11) is 0. The Balaban J connectivity index is 2.35. The van der Waals surface area contributed by atoms with Gasteiger partial charge in [-0.3, -0.25) is 4.79 Å². The van der Waals surface area contributed by atoms with Gasteiger partial charge in [-0.25, -0.2) is 0 Å². The number of hydrogen-bond donors (Lipinski definition) is 2. The van der Waals surface area contributed by atoms with E-state index in [0.29, 0.717) is 12.5 Å². The van der Waals surface area contributed by atoms with Crippen LogP contribution in [0.25, 0.3) is 0 Å². The second kappa shape index (κ2) is 6.86. The van der Waals surface area contributed by atoms with Gasteiger partial charge in [0.2, 0.25) is 5.91 Å². The van der Waals surface area contributed by atoms with Gasteiger partial charge in [-0.1, -0.05) is 13.8 Å². The number of nitrogens with one attached hydrogen (secondary N) is 1. The standard InChI is InChI=1S/C12H23NO3/c1-9(2)6-11(7-14)13-12(15)10-4-3-5-16-8-10/h9-11,14H,3-8H2,1-2H3,(H,13,15). The Morgan fingerprint density at radius 2 is 2.31 bits per heavy atom. The van der Waals surface area contributed by atoms with Crippen molar-refractivity contribution in [2.24, 2.45) is 11.8 Å². The molecule has 0 aliphatic carbocycles. The first kappa shape index (κ1) is 13.5. The Morgan fingerprint density at radius 1 is 1.56 bits per heavy atom. The predicted molar refractivity (Wildman–Crippen MR) is 62.0 cm³/mol. The summed E-state index contributed by atoms with van der Waals surface area (Å²) in [5, 5.41) is 12.1. The summed E-state index contributed by atoms with van der Waals surface area (Å²) < 4.78 is 5.28. The molecule has 0 radical (unpaired) electrons. The van der Waals surface area contributed by atoms with Crippen molar-refractivity contribution in [2.45, 2.75) is 39.2 Å². The van der Waals surface area contributed by atoms with Crippen molar-refractivity contribution in [2.75, 3.05) is 19.8 Å². The first-order valence-electron chi connectivity index (χ1n) is 6.12. The number of amides is 1. The molecular formula is C12H23NO3. The van der Waals surface area contributed by atoms with Gasteiger partial charge < -0.3 is 15.2 Å². The van der Waals surface area contributed by atoms with Crippen LogP contribution in [0.2, 0.25) is 0 Å². The van der Waals surface area contributed by atoms with Crippen LogP contribution in [0.15, 0.2) is 0 Å². The van der Waals surface area contributed by atoms with E-state index >= 15 is 0 Å². The zero-order valence-corrected chi connectivity index (χ0v) is 10.2. The number of aliphatic hydroxyl groups is 1. The molecule has 2 atom stereocenters. The van der Waals surface area contributed by atoms with Crippen molar-refractivity contribution in [3.05, 3.63) is 0 Å². The predicted octanol–water partition coefficient (Wildman–Crippen LogP) is 0.936. The minimum Gasteiger partial charge on any atom is -0.394 e. The van der Waals surface area contributed by atoms with Gasteiger partial charge in [-0.05, 0) is 25.2 Å². The van der Waals surface area contributed by atoms with Gasteiger partial charge in [-0.2, -0.15) is 0 Å². The first-order valence-corrected chi connectivity index (χ1v) is 6.12. The quantitative estimate of drug-likeness (QED) is 0.737. The Morgan fingerprint density at radius 3 is 2.81 bits per heavy atom. The SMILES string of the molecule is CC(C)CC(CO)NC(=O)C1CCCOC1. The van der Waals surface area contributed by atoms with Crippen LogP contribution >= 0.6 is 0 Å². The molecule has 1 rings (SSSR count). The third-order valence-corrected chi connectivity index (χ3v) is 2.85. The van der Waals surface area contributed by atoms with Crippen molar-refractivity contribution in [3.8, 4) is 0 Å². The minimum absolute atomic E-state index is 0.0114. The van der Waals surface area contributed by atoms with Crippen molar-refractivity contribution in [1.82, 2.24) is 5.32 Å². The van der Waals surface area contributed by atoms with Gasteiger partial charge in [0.05, 0.1) is 25.2 Å². The van der Waals surface area contributed by atoms with E-state index in [2.05, 4.69) is 19.2 Å². The highest BCUT2D eigenvalue weighted by Gasteiger charge is 2.23. The Bertz CT molecular complexity index is 212. The molecule has 0 aromatic heterocycles. The largest absolute Gasteiger partial charge is 0.394 e. The molecule has 1 amide bonds. The highest BCUT2D eigenvalue weighted by atomic mass is 16.5. The fraction of sp³-hybridized carbons (Fsp3) is 0.917. The number of hydrogen-bond acceptors (Lipinski definition) is 3. The van der Waals surface area contributed by atoms with E-state index in [1.54, 1.807) is 0 Å². The Kier molecular flexibility index (Phi) is 5.77. The summed E-state index contributed by atoms with van der Waals surface area (Å²) >= 11 is 0. The molecular weight excluding hydrogens is 206 g/mol. The summed E-state index contributed by atoms with van der Waals surface area (Å²) in [5.41, 5.74) is 0. The number of carbonyl (C=O) groups is 1.